The topological polar surface area (TPSA) is 83.2 Å². The van der Waals surface area contributed by atoms with E-state index in [-0.39, 0.29) is 18.1 Å². The number of β-amino-alcohol motifs (C(OH)–C–C–N with tert-alkyl or cyclic N) is 1. The number of aliphatic hydroxyl groups is 1. The molecule has 0 radical (unpaired) electrons. The molecule has 1 atom stereocenters. The van der Waals surface area contributed by atoms with Crippen molar-refractivity contribution in [2.45, 2.75) is 39.2 Å². The number of rotatable bonds is 5. The molecule has 1 fully saturated rings. The number of carbonyl (C=O) groups is 1. The van der Waals surface area contributed by atoms with Gasteiger partial charge < -0.3 is 24.1 Å². The molecule has 0 bridgehead atoms. The molecule has 0 spiro atoms. The normalized spacial score (nSPS) is 19.8. The molecule has 29 heavy (non-hydrogen) atoms. The number of amides is 1. The van der Waals surface area contributed by atoms with Gasteiger partial charge in [-0.1, -0.05) is 0 Å². The van der Waals surface area contributed by atoms with Crippen LogP contribution in [0, 0.1) is 20.8 Å². The predicted octanol–water partition coefficient (Wildman–Crippen LogP) is 2.01. The second-order valence-electron chi connectivity index (χ2n) is 8.45. The van der Waals surface area contributed by atoms with Crippen LogP contribution >= 0.6 is 0 Å². The SMILES string of the molecule is Cc1cc(OCC(=O)N2CCCC(O)(CN(C)C)C2)c2c(C)c(C)c(=O)oc2c1. The first kappa shape index (κ1) is 21.3. The molecule has 1 N–H and O–H groups in total. The molecule has 2 aromatic rings. The Hall–Kier alpha value is -2.38. The third-order valence-electron chi connectivity index (χ3n) is 5.53. The van der Waals surface area contributed by atoms with Crippen molar-refractivity contribution in [2.24, 2.45) is 0 Å². The van der Waals surface area contributed by atoms with E-state index in [0.717, 1.165) is 17.5 Å². The lowest BCUT2D eigenvalue weighted by atomic mass is 9.92. The van der Waals surface area contributed by atoms with E-state index in [1.165, 1.54) is 0 Å². The monoisotopic (exact) mass is 402 g/mol. The third-order valence-corrected chi connectivity index (χ3v) is 5.53. The quantitative estimate of drug-likeness (QED) is 0.771. The lowest BCUT2D eigenvalue weighted by Crippen LogP contribution is -2.55. The van der Waals surface area contributed by atoms with E-state index < -0.39 is 5.60 Å². The van der Waals surface area contributed by atoms with E-state index in [1.54, 1.807) is 17.9 Å². The number of piperidine rings is 1. The molecule has 2 heterocycles. The zero-order valence-electron chi connectivity index (χ0n) is 17.9. The van der Waals surface area contributed by atoms with Crippen LogP contribution in [-0.2, 0) is 4.79 Å². The number of hydrogen-bond donors (Lipinski definition) is 1. The van der Waals surface area contributed by atoms with Crippen LogP contribution < -0.4 is 10.4 Å². The summed E-state index contributed by atoms with van der Waals surface area (Å²) in [5.41, 5.74) is 1.39. The highest BCUT2D eigenvalue weighted by Gasteiger charge is 2.35. The minimum atomic E-state index is -0.898. The molecular weight excluding hydrogens is 372 g/mol. The van der Waals surface area contributed by atoms with Crippen molar-refractivity contribution in [3.8, 4) is 5.75 Å². The van der Waals surface area contributed by atoms with Crippen LogP contribution in [0.4, 0.5) is 0 Å². The molecule has 7 heteroatoms. The predicted molar refractivity (Wildman–Crippen MR) is 112 cm³/mol. The number of aryl methyl sites for hydroxylation is 2. The van der Waals surface area contributed by atoms with Gasteiger partial charge in [0.15, 0.2) is 6.61 Å². The first-order valence-electron chi connectivity index (χ1n) is 9.92. The Morgan fingerprint density at radius 3 is 2.69 bits per heavy atom. The van der Waals surface area contributed by atoms with Crippen LogP contribution in [0.5, 0.6) is 5.75 Å². The van der Waals surface area contributed by atoms with Crippen LogP contribution in [0.15, 0.2) is 21.3 Å². The van der Waals surface area contributed by atoms with Crippen LogP contribution in [0.2, 0.25) is 0 Å². The second kappa shape index (κ2) is 8.16. The average molecular weight is 402 g/mol. The molecule has 0 aliphatic carbocycles. The van der Waals surface area contributed by atoms with E-state index in [0.29, 0.717) is 48.3 Å². The molecule has 1 aromatic carbocycles. The summed E-state index contributed by atoms with van der Waals surface area (Å²) in [7, 11) is 3.82. The van der Waals surface area contributed by atoms with Crippen LogP contribution in [-0.4, -0.2) is 66.8 Å². The van der Waals surface area contributed by atoms with Crippen molar-refractivity contribution in [3.05, 3.63) is 39.2 Å². The summed E-state index contributed by atoms with van der Waals surface area (Å²) >= 11 is 0. The Bertz CT molecular complexity index is 981. The lowest BCUT2D eigenvalue weighted by Gasteiger charge is -2.40. The number of benzene rings is 1. The Balaban J connectivity index is 1.79. The second-order valence-corrected chi connectivity index (χ2v) is 8.45. The minimum Gasteiger partial charge on any atom is -0.483 e. The van der Waals surface area contributed by atoms with Gasteiger partial charge in [-0.05, 0) is 71.0 Å². The molecule has 3 rings (SSSR count). The molecule has 1 aliphatic rings. The van der Waals surface area contributed by atoms with E-state index in [1.807, 2.05) is 38.9 Å². The largest absolute Gasteiger partial charge is 0.483 e. The summed E-state index contributed by atoms with van der Waals surface area (Å²) in [6.45, 7) is 6.74. The van der Waals surface area contributed by atoms with Crippen molar-refractivity contribution in [2.75, 3.05) is 40.3 Å². The Morgan fingerprint density at radius 1 is 1.28 bits per heavy atom. The highest BCUT2D eigenvalue weighted by molar-refractivity contribution is 5.88. The maximum Gasteiger partial charge on any atom is 0.339 e. The van der Waals surface area contributed by atoms with Gasteiger partial charge >= 0.3 is 5.63 Å². The summed E-state index contributed by atoms with van der Waals surface area (Å²) in [6.07, 6.45) is 1.43. The van der Waals surface area contributed by atoms with Crippen LogP contribution in [0.1, 0.15) is 29.5 Å². The lowest BCUT2D eigenvalue weighted by molar-refractivity contribution is -0.141. The van der Waals surface area contributed by atoms with Gasteiger partial charge in [0, 0.05) is 18.7 Å². The van der Waals surface area contributed by atoms with E-state index in [9.17, 15) is 14.7 Å². The number of nitrogens with zero attached hydrogens (tertiary/aromatic N) is 2. The molecule has 1 aliphatic heterocycles. The summed E-state index contributed by atoms with van der Waals surface area (Å²) in [4.78, 5) is 28.4. The van der Waals surface area contributed by atoms with E-state index in [4.69, 9.17) is 9.15 Å². The molecule has 7 nitrogen and oxygen atoms in total. The highest BCUT2D eigenvalue weighted by atomic mass is 16.5. The zero-order valence-corrected chi connectivity index (χ0v) is 17.9. The maximum atomic E-state index is 12.8. The highest BCUT2D eigenvalue weighted by Crippen LogP contribution is 2.31. The molecule has 158 valence electrons. The average Bonchev–Trinajstić information content (AvgIpc) is 2.62. The van der Waals surface area contributed by atoms with Crippen LogP contribution in [0.25, 0.3) is 11.0 Å². The summed E-state index contributed by atoms with van der Waals surface area (Å²) in [5, 5.41) is 11.5. The van der Waals surface area contributed by atoms with Gasteiger partial charge in [0.25, 0.3) is 5.91 Å². The fraction of sp³-hybridized carbons (Fsp3) is 0.545. The van der Waals surface area contributed by atoms with Gasteiger partial charge in [0.2, 0.25) is 0 Å². The zero-order chi connectivity index (χ0) is 21.3. The van der Waals surface area contributed by atoms with Crippen molar-refractivity contribution >= 4 is 16.9 Å². The molecule has 1 unspecified atom stereocenters. The fourth-order valence-corrected chi connectivity index (χ4v) is 4.08. The molecule has 1 saturated heterocycles. The van der Waals surface area contributed by atoms with Gasteiger partial charge in [0.1, 0.15) is 11.3 Å². The van der Waals surface area contributed by atoms with Crippen molar-refractivity contribution in [1.82, 2.24) is 9.80 Å². The first-order chi connectivity index (χ1) is 13.6. The number of ether oxygens (including phenoxy) is 1. The Morgan fingerprint density at radius 2 is 2.00 bits per heavy atom. The fourth-order valence-electron chi connectivity index (χ4n) is 4.08. The summed E-state index contributed by atoms with van der Waals surface area (Å²) < 4.78 is 11.3. The van der Waals surface area contributed by atoms with E-state index >= 15 is 0 Å². The van der Waals surface area contributed by atoms with Gasteiger partial charge in [0.05, 0.1) is 17.5 Å². The smallest absolute Gasteiger partial charge is 0.339 e. The number of hydrogen-bond acceptors (Lipinski definition) is 6. The summed E-state index contributed by atoms with van der Waals surface area (Å²) in [6, 6.07) is 3.64. The van der Waals surface area contributed by atoms with Crippen LogP contribution in [0.3, 0.4) is 0 Å². The Kier molecular flexibility index (Phi) is 6.00. The Labute approximate surface area is 170 Å². The molecule has 1 aromatic heterocycles. The molecule has 1 amide bonds. The van der Waals surface area contributed by atoms with Crippen molar-refractivity contribution < 1.29 is 19.1 Å². The van der Waals surface area contributed by atoms with Gasteiger partial charge in [-0.2, -0.15) is 0 Å². The maximum absolute atomic E-state index is 12.8. The molecular formula is C22H30N2O5. The van der Waals surface area contributed by atoms with E-state index in [2.05, 4.69) is 0 Å². The number of carbonyl (C=O) groups excluding carboxylic acids is 1. The number of likely N-dealkylation sites (tertiary alicyclic amines) is 1. The molecule has 0 saturated carbocycles. The summed E-state index contributed by atoms with van der Waals surface area (Å²) in [5.74, 6) is 0.363. The third kappa shape index (κ3) is 4.62. The van der Waals surface area contributed by atoms with Crippen molar-refractivity contribution in [1.29, 1.82) is 0 Å². The number of likely N-dealkylation sites (N-methyl/N-ethyl adjacent to an activating group) is 1. The standard InChI is InChI=1S/C22H30N2O5/c1-14-9-17(20-15(2)16(3)21(26)29-18(20)10-14)28-11-19(25)24-8-6-7-22(27,13-24)12-23(4)5/h9-10,27H,6-8,11-13H2,1-5H3. The number of fused-ring (bicyclic) bond motifs is 1. The van der Waals surface area contributed by atoms with Crippen molar-refractivity contribution in [3.63, 3.8) is 0 Å². The van der Waals surface area contributed by atoms with Gasteiger partial charge in [-0.3, -0.25) is 4.79 Å². The first-order valence-corrected chi connectivity index (χ1v) is 9.92. The van der Waals surface area contributed by atoms with Gasteiger partial charge in [-0.25, -0.2) is 4.79 Å². The minimum absolute atomic E-state index is 0.131. The van der Waals surface area contributed by atoms with Gasteiger partial charge in [-0.15, -0.1) is 0 Å².